The molecule has 2 rings (SSSR count). The standard InChI is InChI=1S/C12H13FN2O2/c13-10-3-1-4-11(9-10)15-6-2-5-14(7-8-16)12(15)17/h1,3-4,8-9H,2,5-7H2. The third-order valence-corrected chi connectivity index (χ3v) is 2.73. The first-order valence-electron chi connectivity index (χ1n) is 5.48. The van der Waals surface area contributed by atoms with E-state index >= 15 is 0 Å². The lowest BCUT2D eigenvalue weighted by atomic mass is 10.2. The zero-order chi connectivity index (χ0) is 12.3. The number of hydrogen-bond acceptors (Lipinski definition) is 2. The Labute approximate surface area is 98.6 Å². The predicted molar refractivity (Wildman–Crippen MR) is 61.4 cm³/mol. The van der Waals surface area contributed by atoms with E-state index in [2.05, 4.69) is 0 Å². The van der Waals surface area contributed by atoms with Gasteiger partial charge in [0.05, 0.1) is 6.54 Å². The molecule has 1 saturated heterocycles. The minimum absolute atomic E-state index is 0.0879. The van der Waals surface area contributed by atoms with E-state index in [1.165, 1.54) is 21.9 Å². The van der Waals surface area contributed by atoms with Gasteiger partial charge in [0, 0.05) is 18.8 Å². The average molecular weight is 236 g/mol. The van der Waals surface area contributed by atoms with Crippen LogP contribution >= 0.6 is 0 Å². The van der Waals surface area contributed by atoms with Crippen LogP contribution in [-0.2, 0) is 4.79 Å². The molecule has 0 bridgehead atoms. The van der Waals surface area contributed by atoms with E-state index in [-0.39, 0.29) is 18.4 Å². The number of urea groups is 1. The minimum atomic E-state index is -0.372. The lowest BCUT2D eigenvalue weighted by Crippen LogP contribution is -2.50. The molecule has 0 aliphatic carbocycles. The van der Waals surface area contributed by atoms with Crippen molar-refractivity contribution in [1.29, 1.82) is 0 Å². The monoisotopic (exact) mass is 236 g/mol. The summed E-state index contributed by atoms with van der Waals surface area (Å²) in [7, 11) is 0. The molecule has 1 aliphatic rings. The van der Waals surface area contributed by atoms with Gasteiger partial charge in [0.2, 0.25) is 0 Å². The van der Waals surface area contributed by atoms with Crippen molar-refractivity contribution < 1.29 is 14.0 Å². The maximum atomic E-state index is 13.1. The molecule has 1 aromatic carbocycles. The summed E-state index contributed by atoms with van der Waals surface area (Å²) < 4.78 is 13.1. The van der Waals surface area contributed by atoms with Gasteiger partial charge in [-0.3, -0.25) is 4.90 Å². The molecular weight excluding hydrogens is 223 g/mol. The number of halogens is 1. The number of aldehydes is 1. The minimum Gasteiger partial charge on any atom is -0.317 e. The van der Waals surface area contributed by atoms with Gasteiger partial charge in [-0.05, 0) is 24.6 Å². The van der Waals surface area contributed by atoms with Gasteiger partial charge < -0.3 is 9.69 Å². The van der Waals surface area contributed by atoms with Crippen molar-refractivity contribution in [3.05, 3.63) is 30.1 Å². The van der Waals surface area contributed by atoms with Gasteiger partial charge in [-0.2, -0.15) is 0 Å². The molecule has 17 heavy (non-hydrogen) atoms. The predicted octanol–water partition coefficient (Wildman–Crippen LogP) is 1.66. The van der Waals surface area contributed by atoms with Crippen molar-refractivity contribution in [1.82, 2.24) is 4.90 Å². The second-order valence-electron chi connectivity index (χ2n) is 3.88. The summed E-state index contributed by atoms with van der Waals surface area (Å²) in [5.74, 6) is -0.372. The Balaban J connectivity index is 2.20. The van der Waals surface area contributed by atoms with Crippen LogP contribution in [0.2, 0.25) is 0 Å². The van der Waals surface area contributed by atoms with Crippen molar-refractivity contribution in [2.45, 2.75) is 6.42 Å². The quantitative estimate of drug-likeness (QED) is 0.749. The van der Waals surface area contributed by atoms with Crippen molar-refractivity contribution in [3.8, 4) is 0 Å². The molecule has 1 aromatic rings. The third kappa shape index (κ3) is 2.43. The van der Waals surface area contributed by atoms with Crippen LogP contribution in [0.4, 0.5) is 14.9 Å². The number of amides is 2. The molecule has 90 valence electrons. The van der Waals surface area contributed by atoms with E-state index in [4.69, 9.17) is 0 Å². The Morgan fingerprint density at radius 3 is 2.88 bits per heavy atom. The van der Waals surface area contributed by atoms with Crippen LogP contribution < -0.4 is 4.90 Å². The molecule has 0 aromatic heterocycles. The van der Waals surface area contributed by atoms with Crippen LogP contribution in [0.25, 0.3) is 0 Å². The third-order valence-electron chi connectivity index (χ3n) is 2.73. The van der Waals surface area contributed by atoms with Gasteiger partial charge in [-0.15, -0.1) is 0 Å². The molecule has 0 saturated carbocycles. The maximum Gasteiger partial charge on any atom is 0.324 e. The number of carbonyl (C=O) groups is 2. The largest absolute Gasteiger partial charge is 0.324 e. The van der Waals surface area contributed by atoms with Crippen LogP contribution in [0, 0.1) is 5.82 Å². The normalized spacial score (nSPS) is 16.2. The van der Waals surface area contributed by atoms with Crippen LogP contribution in [0.1, 0.15) is 6.42 Å². The molecule has 1 fully saturated rings. The number of nitrogens with zero attached hydrogens (tertiary/aromatic N) is 2. The van der Waals surface area contributed by atoms with Gasteiger partial charge in [0.15, 0.2) is 0 Å². The molecule has 0 N–H and O–H groups in total. The van der Waals surface area contributed by atoms with E-state index < -0.39 is 0 Å². The second-order valence-corrected chi connectivity index (χ2v) is 3.88. The maximum absolute atomic E-state index is 13.1. The van der Waals surface area contributed by atoms with Crippen molar-refractivity contribution in [3.63, 3.8) is 0 Å². The first kappa shape index (κ1) is 11.6. The lowest BCUT2D eigenvalue weighted by molar-refractivity contribution is -0.108. The van der Waals surface area contributed by atoms with Crippen LogP contribution in [0.3, 0.4) is 0 Å². The van der Waals surface area contributed by atoms with Crippen LogP contribution in [0.5, 0.6) is 0 Å². The number of hydrogen-bond donors (Lipinski definition) is 0. The second kappa shape index (κ2) is 4.95. The van der Waals surface area contributed by atoms with Gasteiger partial charge in [0.25, 0.3) is 0 Å². The van der Waals surface area contributed by atoms with Crippen molar-refractivity contribution in [2.75, 3.05) is 24.5 Å². The Hall–Kier alpha value is -1.91. The first-order chi connectivity index (χ1) is 8.22. The molecule has 1 heterocycles. The summed E-state index contributed by atoms with van der Waals surface area (Å²) in [5.41, 5.74) is 0.533. The van der Waals surface area contributed by atoms with Crippen molar-refractivity contribution in [2.24, 2.45) is 0 Å². The number of anilines is 1. The zero-order valence-corrected chi connectivity index (χ0v) is 9.30. The number of carbonyl (C=O) groups excluding carboxylic acids is 2. The Morgan fingerprint density at radius 1 is 1.35 bits per heavy atom. The number of benzene rings is 1. The fraction of sp³-hybridized carbons (Fsp3) is 0.333. The number of rotatable bonds is 3. The summed E-state index contributed by atoms with van der Waals surface area (Å²) in [6.45, 7) is 1.21. The molecule has 1 aliphatic heterocycles. The Bertz CT molecular complexity index is 436. The van der Waals surface area contributed by atoms with Crippen LogP contribution in [-0.4, -0.2) is 36.9 Å². The first-order valence-corrected chi connectivity index (χ1v) is 5.48. The van der Waals surface area contributed by atoms with Crippen LogP contribution in [0.15, 0.2) is 24.3 Å². The molecule has 0 atom stereocenters. The van der Waals surface area contributed by atoms with E-state index in [9.17, 15) is 14.0 Å². The van der Waals surface area contributed by atoms with E-state index in [0.29, 0.717) is 25.1 Å². The molecule has 0 radical (unpaired) electrons. The summed E-state index contributed by atoms with van der Waals surface area (Å²) in [4.78, 5) is 25.4. The topological polar surface area (TPSA) is 40.6 Å². The Morgan fingerprint density at radius 2 is 2.18 bits per heavy atom. The summed E-state index contributed by atoms with van der Waals surface area (Å²) in [6.07, 6.45) is 1.48. The molecular formula is C12H13FN2O2. The highest BCUT2D eigenvalue weighted by Crippen LogP contribution is 2.20. The van der Waals surface area contributed by atoms with Gasteiger partial charge in [0.1, 0.15) is 12.1 Å². The van der Waals surface area contributed by atoms with Crippen molar-refractivity contribution >= 4 is 18.0 Å². The Kier molecular flexibility index (Phi) is 3.37. The fourth-order valence-corrected chi connectivity index (χ4v) is 1.92. The highest BCUT2D eigenvalue weighted by molar-refractivity contribution is 5.93. The van der Waals surface area contributed by atoms with Gasteiger partial charge in [-0.1, -0.05) is 6.07 Å². The summed E-state index contributed by atoms with van der Waals surface area (Å²) in [5, 5.41) is 0. The highest BCUT2D eigenvalue weighted by atomic mass is 19.1. The lowest BCUT2D eigenvalue weighted by Gasteiger charge is -2.34. The van der Waals surface area contributed by atoms with Gasteiger partial charge >= 0.3 is 6.03 Å². The van der Waals surface area contributed by atoms with Gasteiger partial charge in [-0.25, -0.2) is 9.18 Å². The molecule has 0 unspecified atom stereocenters. The smallest absolute Gasteiger partial charge is 0.317 e. The van der Waals surface area contributed by atoms with E-state index in [1.807, 2.05) is 0 Å². The summed E-state index contributed by atoms with van der Waals surface area (Å²) >= 11 is 0. The molecule has 0 spiro atoms. The molecule has 2 amide bonds. The molecule has 5 heteroatoms. The zero-order valence-electron chi connectivity index (χ0n) is 9.30. The summed E-state index contributed by atoms with van der Waals surface area (Å²) in [6, 6.07) is 5.67. The molecule has 4 nitrogen and oxygen atoms in total. The van der Waals surface area contributed by atoms with E-state index in [0.717, 1.165) is 6.42 Å². The SMILES string of the molecule is O=CCN1CCCN(c2cccc(F)c2)C1=O. The average Bonchev–Trinajstić information content (AvgIpc) is 2.32. The van der Waals surface area contributed by atoms with E-state index in [1.54, 1.807) is 12.1 Å². The highest BCUT2D eigenvalue weighted by Gasteiger charge is 2.26. The fourth-order valence-electron chi connectivity index (χ4n) is 1.92.